The van der Waals surface area contributed by atoms with Gasteiger partial charge in [-0.25, -0.2) is 14.4 Å². The van der Waals surface area contributed by atoms with Gasteiger partial charge in [0.05, 0.1) is 11.1 Å². The summed E-state index contributed by atoms with van der Waals surface area (Å²) in [5.74, 6) is -3.26. The molecule has 2 aromatic carbocycles. The minimum Gasteiger partial charge on any atom is -0.455 e. The summed E-state index contributed by atoms with van der Waals surface area (Å²) in [7, 11) is -2.53. The second-order valence-electron chi connectivity index (χ2n) is 11.7. The first-order chi connectivity index (χ1) is 19.2. The molecule has 1 aliphatic rings. The molecule has 10 nitrogen and oxygen atoms in total. The normalized spacial score (nSPS) is 20.9. The molecular formula is C30H36N2O8Si. The van der Waals surface area contributed by atoms with Gasteiger partial charge in [-0.15, -0.1) is 0 Å². The first-order valence-corrected chi connectivity index (χ1v) is 16.3. The zero-order valence-corrected chi connectivity index (χ0v) is 25.1. The van der Waals surface area contributed by atoms with Crippen LogP contribution in [-0.2, 0) is 18.6 Å². The molecule has 0 saturated carbocycles. The van der Waals surface area contributed by atoms with Crippen LogP contribution in [0.25, 0.3) is 0 Å². The summed E-state index contributed by atoms with van der Waals surface area (Å²) in [4.78, 5) is 53.6. The van der Waals surface area contributed by atoms with Gasteiger partial charge in [-0.2, -0.15) is 0 Å². The van der Waals surface area contributed by atoms with E-state index in [4.69, 9.17) is 18.6 Å². The molecule has 1 aromatic heterocycles. The van der Waals surface area contributed by atoms with Crippen molar-refractivity contribution in [2.24, 2.45) is 0 Å². The Kier molecular flexibility index (Phi) is 8.53. The molecule has 1 saturated heterocycles. The van der Waals surface area contributed by atoms with Gasteiger partial charge in [0.25, 0.3) is 11.3 Å². The van der Waals surface area contributed by atoms with Gasteiger partial charge in [0.15, 0.2) is 14.9 Å². The lowest BCUT2D eigenvalue weighted by Gasteiger charge is -2.42. The molecule has 3 atom stereocenters. The van der Waals surface area contributed by atoms with Crippen molar-refractivity contribution >= 4 is 20.3 Å². The molecule has 11 heteroatoms. The van der Waals surface area contributed by atoms with Crippen LogP contribution in [0.3, 0.4) is 0 Å². The van der Waals surface area contributed by atoms with Gasteiger partial charge < -0.3 is 18.6 Å². The van der Waals surface area contributed by atoms with Crippen LogP contribution < -0.4 is 11.2 Å². The number of nitrogens with one attached hydrogen (secondary N) is 1. The molecule has 3 aromatic rings. The molecule has 0 amide bonds. The van der Waals surface area contributed by atoms with Gasteiger partial charge in [0, 0.05) is 18.2 Å². The summed E-state index contributed by atoms with van der Waals surface area (Å²) < 4.78 is 26.1. The van der Waals surface area contributed by atoms with Crippen LogP contribution >= 0.6 is 0 Å². The monoisotopic (exact) mass is 580 g/mol. The van der Waals surface area contributed by atoms with Crippen LogP contribution in [0.1, 0.15) is 59.7 Å². The summed E-state index contributed by atoms with van der Waals surface area (Å²) in [5, 5.41) is -0.230. The summed E-state index contributed by atoms with van der Waals surface area (Å²) in [6, 6.07) is 16.8. The lowest BCUT2D eigenvalue weighted by atomic mass is 10.1. The van der Waals surface area contributed by atoms with Crippen LogP contribution in [0.5, 0.6) is 0 Å². The summed E-state index contributed by atoms with van der Waals surface area (Å²) in [5.41, 5.74) is -0.346. The van der Waals surface area contributed by atoms with Gasteiger partial charge in [0.2, 0.25) is 0 Å². The van der Waals surface area contributed by atoms with Crippen molar-refractivity contribution in [3.63, 3.8) is 0 Å². The number of esters is 2. The molecule has 1 aliphatic heterocycles. The van der Waals surface area contributed by atoms with E-state index in [1.165, 1.54) is 10.8 Å². The first-order valence-electron chi connectivity index (χ1n) is 13.4. The Balaban J connectivity index is 1.79. The van der Waals surface area contributed by atoms with E-state index in [2.05, 4.69) is 25.8 Å². The second-order valence-corrected chi connectivity index (χ2v) is 16.4. The van der Waals surface area contributed by atoms with E-state index < -0.39 is 56.2 Å². The lowest BCUT2D eigenvalue weighted by Crippen LogP contribution is -2.55. The quantitative estimate of drug-likeness (QED) is 0.304. The molecule has 0 bridgehead atoms. The average molecular weight is 581 g/mol. The fourth-order valence-corrected chi connectivity index (χ4v) is 5.56. The van der Waals surface area contributed by atoms with E-state index >= 15 is 0 Å². The van der Waals surface area contributed by atoms with Crippen LogP contribution in [-0.4, -0.2) is 48.3 Å². The molecule has 218 valence electrons. The van der Waals surface area contributed by atoms with E-state index in [0.717, 1.165) is 0 Å². The zero-order chi connectivity index (χ0) is 30.0. The third-order valence-electron chi connectivity index (χ3n) is 7.63. The van der Waals surface area contributed by atoms with Gasteiger partial charge in [-0.1, -0.05) is 57.2 Å². The Morgan fingerprint density at radius 3 is 2.12 bits per heavy atom. The van der Waals surface area contributed by atoms with Gasteiger partial charge in [-0.05, 0) is 49.3 Å². The van der Waals surface area contributed by atoms with Crippen molar-refractivity contribution in [2.45, 2.75) is 70.4 Å². The fraction of sp³-hybridized carbons (Fsp3) is 0.400. The highest BCUT2D eigenvalue weighted by Crippen LogP contribution is 2.45. The Hall–Kier alpha value is -3.80. The Morgan fingerprint density at radius 1 is 1.00 bits per heavy atom. The van der Waals surface area contributed by atoms with E-state index in [1.54, 1.807) is 67.6 Å². The molecule has 0 spiro atoms. The number of benzene rings is 2. The molecule has 1 N–H and O–H groups in total. The standard InChI is InChI=1S/C30H36N2O8Si/c1-20-18-32(28(36)31-25(20)33)24-17-23(40-41(5,6)29(2,3)4)30(38-24,39-27(35)22-15-11-8-12-16-22)19-37-26(34)21-13-9-7-10-14-21/h7-16,18,23-24H,17,19H2,1-6H3,(H,31,33,36)/t23-,24+,30+/m0/s1. The predicted molar refractivity (Wildman–Crippen MR) is 154 cm³/mol. The Bertz CT molecular complexity index is 1510. The van der Waals surface area contributed by atoms with Crippen LogP contribution in [0, 0.1) is 6.92 Å². The SMILES string of the molecule is Cc1cn([C@H]2C[C@H](O[Si](C)(C)C(C)(C)C)[C@@](COC(=O)c3ccccc3)(OC(=O)c3ccccc3)O2)c(=O)[nH]c1=O. The topological polar surface area (TPSA) is 126 Å². The van der Waals surface area contributed by atoms with E-state index in [0.29, 0.717) is 11.1 Å². The number of hydrogen-bond donors (Lipinski definition) is 1. The minimum atomic E-state index is -2.53. The number of nitrogens with zero attached hydrogens (tertiary/aromatic N) is 1. The maximum absolute atomic E-state index is 13.4. The third-order valence-corrected chi connectivity index (χ3v) is 12.1. The number of carbonyl (C=O) groups excluding carboxylic acids is 2. The van der Waals surface area contributed by atoms with E-state index in [9.17, 15) is 19.2 Å². The van der Waals surface area contributed by atoms with Crippen molar-refractivity contribution in [3.8, 4) is 0 Å². The summed E-state index contributed by atoms with van der Waals surface area (Å²) in [6.45, 7) is 11.3. The van der Waals surface area contributed by atoms with Crippen molar-refractivity contribution in [1.82, 2.24) is 9.55 Å². The smallest absolute Gasteiger partial charge is 0.340 e. The first kappa shape index (κ1) is 30.2. The Labute approximate surface area is 239 Å². The summed E-state index contributed by atoms with van der Waals surface area (Å²) in [6.07, 6.45) is -0.432. The predicted octanol–water partition coefficient (Wildman–Crippen LogP) is 4.56. The van der Waals surface area contributed by atoms with Gasteiger partial charge in [-0.3, -0.25) is 14.3 Å². The molecule has 2 heterocycles. The number of ether oxygens (including phenoxy) is 3. The highest BCUT2D eigenvalue weighted by molar-refractivity contribution is 6.74. The van der Waals surface area contributed by atoms with Gasteiger partial charge in [0.1, 0.15) is 12.3 Å². The van der Waals surface area contributed by atoms with Crippen molar-refractivity contribution in [3.05, 3.63) is 104 Å². The number of aryl methyl sites for hydroxylation is 1. The number of aromatic amines is 1. The number of rotatable bonds is 8. The Morgan fingerprint density at radius 2 is 1.56 bits per heavy atom. The molecule has 1 fully saturated rings. The third kappa shape index (κ3) is 6.58. The highest BCUT2D eigenvalue weighted by Gasteiger charge is 2.57. The molecule has 4 rings (SSSR count). The number of H-pyrrole nitrogens is 1. The van der Waals surface area contributed by atoms with Crippen LogP contribution in [0.15, 0.2) is 76.4 Å². The molecule has 0 unspecified atom stereocenters. The minimum absolute atomic E-state index is 0.0862. The van der Waals surface area contributed by atoms with Crippen LogP contribution in [0.2, 0.25) is 18.1 Å². The number of carbonyl (C=O) groups is 2. The average Bonchev–Trinajstić information content (AvgIpc) is 3.26. The summed E-state index contributed by atoms with van der Waals surface area (Å²) >= 11 is 0. The molecule has 0 aliphatic carbocycles. The number of hydrogen-bond acceptors (Lipinski definition) is 8. The fourth-order valence-electron chi connectivity index (χ4n) is 4.22. The van der Waals surface area contributed by atoms with Crippen molar-refractivity contribution in [1.29, 1.82) is 0 Å². The zero-order valence-electron chi connectivity index (χ0n) is 24.1. The van der Waals surface area contributed by atoms with E-state index in [1.807, 2.05) is 13.1 Å². The maximum Gasteiger partial charge on any atom is 0.340 e. The molecule has 0 radical (unpaired) electrons. The van der Waals surface area contributed by atoms with Crippen molar-refractivity contribution < 1.29 is 28.2 Å². The maximum atomic E-state index is 13.4. The lowest BCUT2D eigenvalue weighted by molar-refractivity contribution is -0.251. The van der Waals surface area contributed by atoms with E-state index in [-0.39, 0.29) is 17.0 Å². The molecular weight excluding hydrogens is 544 g/mol. The van der Waals surface area contributed by atoms with Crippen LogP contribution in [0.4, 0.5) is 0 Å². The highest BCUT2D eigenvalue weighted by atomic mass is 28.4. The number of aromatic nitrogens is 2. The van der Waals surface area contributed by atoms with Gasteiger partial charge >= 0.3 is 17.6 Å². The largest absolute Gasteiger partial charge is 0.455 e. The van der Waals surface area contributed by atoms with Crippen molar-refractivity contribution in [2.75, 3.05) is 6.61 Å². The molecule has 41 heavy (non-hydrogen) atoms. The second kappa shape index (κ2) is 11.6.